The standard InChI is InChI=1S/C17H27NO5/c1-10(2)12(9-14(20)23-17(3,4)5)13(19)8-11-6-7-18-16(22)15(11)21/h10-12H,6-9H2,1-5H3,(H,18,22). The lowest BCUT2D eigenvalue weighted by molar-refractivity contribution is -0.158. The third-order valence-electron chi connectivity index (χ3n) is 3.85. The minimum absolute atomic E-state index is 0.000870. The predicted octanol–water partition coefficient (Wildman–Crippen LogP) is 1.65. The Morgan fingerprint density at radius 2 is 1.87 bits per heavy atom. The lowest BCUT2D eigenvalue weighted by Crippen LogP contribution is -2.43. The highest BCUT2D eigenvalue weighted by Crippen LogP contribution is 2.24. The molecule has 1 heterocycles. The quantitative estimate of drug-likeness (QED) is 0.592. The number of ketones is 2. The number of carbonyl (C=O) groups excluding carboxylic acids is 4. The zero-order valence-corrected chi connectivity index (χ0v) is 14.6. The molecule has 1 aliphatic heterocycles. The maximum absolute atomic E-state index is 12.5. The van der Waals surface area contributed by atoms with E-state index in [4.69, 9.17) is 4.74 Å². The number of rotatable bonds is 6. The van der Waals surface area contributed by atoms with Crippen molar-refractivity contribution in [2.24, 2.45) is 17.8 Å². The molecule has 1 amide bonds. The van der Waals surface area contributed by atoms with E-state index in [1.807, 2.05) is 13.8 Å². The molecule has 2 atom stereocenters. The van der Waals surface area contributed by atoms with Gasteiger partial charge in [-0.2, -0.15) is 0 Å². The topological polar surface area (TPSA) is 89.5 Å². The van der Waals surface area contributed by atoms with Gasteiger partial charge in [-0.05, 0) is 33.1 Å². The van der Waals surface area contributed by atoms with Crippen molar-refractivity contribution >= 4 is 23.4 Å². The van der Waals surface area contributed by atoms with E-state index in [0.717, 1.165) is 0 Å². The second-order valence-electron chi connectivity index (χ2n) is 7.42. The van der Waals surface area contributed by atoms with Crippen molar-refractivity contribution in [1.29, 1.82) is 0 Å². The predicted molar refractivity (Wildman–Crippen MR) is 84.5 cm³/mol. The van der Waals surface area contributed by atoms with Crippen LogP contribution in [0.3, 0.4) is 0 Å². The Morgan fingerprint density at radius 3 is 2.39 bits per heavy atom. The summed E-state index contributed by atoms with van der Waals surface area (Å²) in [5, 5.41) is 2.47. The van der Waals surface area contributed by atoms with Crippen LogP contribution in [-0.2, 0) is 23.9 Å². The molecule has 130 valence electrons. The molecular formula is C17H27NO5. The van der Waals surface area contributed by atoms with Crippen molar-refractivity contribution in [2.75, 3.05) is 6.54 Å². The molecule has 0 aromatic heterocycles. The minimum atomic E-state index is -0.623. The first kappa shape index (κ1) is 19.3. The summed E-state index contributed by atoms with van der Waals surface area (Å²) < 4.78 is 5.27. The van der Waals surface area contributed by atoms with Crippen LogP contribution in [0.15, 0.2) is 0 Å². The maximum atomic E-state index is 12.5. The fourth-order valence-corrected chi connectivity index (χ4v) is 2.64. The molecule has 0 saturated carbocycles. The molecule has 0 radical (unpaired) electrons. The summed E-state index contributed by atoms with van der Waals surface area (Å²) in [5.41, 5.74) is -0.598. The number of hydrogen-bond acceptors (Lipinski definition) is 5. The first-order chi connectivity index (χ1) is 10.5. The third kappa shape index (κ3) is 6.12. The van der Waals surface area contributed by atoms with Crippen LogP contribution in [-0.4, -0.2) is 35.6 Å². The van der Waals surface area contributed by atoms with Crippen LogP contribution in [0.2, 0.25) is 0 Å². The Morgan fingerprint density at radius 1 is 1.26 bits per heavy atom. The van der Waals surface area contributed by atoms with E-state index in [1.165, 1.54) is 0 Å². The van der Waals surface area contributed by atoms with Gasteiger partial charge in [-0.15, -0.1) is 0 Å². The van der Waals surface area contributed by atoms with Crippen LogP contribution < -0.4 is 5.32 Å². The lowest BCUT2D eigenvalue weighted by Gasteiger charge is -2.25. The molecule has 0 bridgehead atoms. The first-order valence-corrected chi connectivity index (χ1v) is 8.08. The van der Waals surface area contributed by atoms with Crippen molar-refractivity contribution in [1.82, 2.24) is 5.32 Å². The van der Waals surface area contributed by atoms with E-state index >= 15 is 0 Å². The Hall–Kier alpha value is -1.72. The largest absolute Gasteiger partial charge is 0.460 e. The van der Waals surface area contributed by atoms with Crippen molar-refractivity contribution < 1.29 is 23.9 Å². The number of carbonyl (C=O) groups is 4. The fourth-order valence-electron chi connectivity index (χ4n) is 2.64. The number of amides is 1. The highest BCUT2D eigenvalue weighted by molar-refractivity contribution is 6.37. The smallest absolute Gasteiger partial charge is 0.307 e. The molecule has 1 N–H and O–H groups in total. The number of hydrogen-bond donors (Lipinski definition) is 1. The molecule has 1 aliphatic rings. The van der Waals surface area contributed by atoms with Crippen LogP contribution in [0.5, 0.6) is 0 Å². The fraction of sp³-hybridized carbons (Fsp3) is 0.765. The van der Waals surface area contributed by atoms with Crippen LogP contribution in [0.25, 0.3) is 0 Å². The van der Waals surface area contributed by atoms with Crippen LogP contribution in [0.1, 0.15) is 53.9 Å². The van der Waals surface area contributed by atoms with E-state index in [9.17, 15) is 19.2 Å². The molecule has 0 aliphatic carbocycles. The van der Waals surface area contributed by atoms with Gasteiger partial charge >= 0.3 is 5.97 Å². The van der Waals surface area contributed by atoms with Gasteiger partial charge in [0.15, 0.2) is 0 Å². The van der Waals surface area contributed by atoms with Gasteiger partial charge in [0.1, 0.15) is 11.4 Å². The normalized spacial score (nSPS) is 20.2. The molecule has 0 spiro atoms. The van der Waals surface area contributed by atoms with Gasteiger partial charge in [-0.1, -0.05) is 13.8 Å². The van der Waals surface area contributed by atoms with Crippen molar-refractivity contribution in [3.63, 3.8) is 0 Å². The number of Topliss-reactive ketones (excluding diaryl/α,β-unsaturated/α-hetero) is 2. The number of nitrogens with one attached hydrogen (secondary N) is 1. The summed E-state index contributed by atoms with van der Waals surface area (Å²) in [7, 11) is 0. The highest BCUT2D eigenvalue weighted by atomic mass is 16.6. The van der Waals surface area contributed by atoms with E-state index in [0.29, 0.717) is 13.0 Å². The number of ether oxygens (including phenoxy) is 1. The highest BCUT2D eigenvalue weighted by Gasteiger charge is 2.34. The molecule has 0 aromatic rings. The van der Waals surface area contributed by atoms with Gasteiger partial charge in [0, 0.05) is 24.8 Å². The first-order valence-electron chi connectivity index (χ1n) is 8.08. The van der Waals surface area contributed by atoms with Gasteiger partial charge in [0.25, 0.3) is 5.91 Å². The summed E-state index contributed by atoms with van der Waals surface area (Å²) in [4.78, 5) is 47.7. The molecule has 0 aromatic carbocycles. The second kappa shape index (κ2) is 7.70. The molecule has 1 fully saturated rings. The van der Waals surface area contributed by atoms with Gasteiger partial charge in [-0.3, -0.25) is 19.2 Å². The summed E-state index contributed by atoms with van der Waals surface area (Å²) in [6, 6.07) is 0. The van der Waals surface area contributed by atoms with E-state index in [2.05, 4.69) is 5.32 Å². The Kier molecular flexibility index (Phi) is 6.47. The van der Waals surface area contributed by atoms with Gasteiger partial charge < -0.3 is 10.1 Å². The van der Waals surface area contributed by atoms with Gasteiger partial charge in [0.05, 0.1) is 6.42 Å². The Balaban J connectivity index is 2.69. The third-order valence-corrected chi connectivity index (χ3v) is 3.85. The van der Waals surface area contributed by atoms with E-state index in [1.54, 1.807) is 20.8 Å². The van der Waals surface area contributed by atoms with E-state index < -0.39 is 35.1 Å². The van der Waals surface area contributed by atoms with Crippen molar-refractivity contribution in [3.05, 3.63) is 0 Å². The molecule has 1 rings (SSSR count). The van der Waals surface area contributed by atoms with Gasteiger partial charge in [0.2, 0.25) is 5.78 Å². The molecule has 23 heavy (non-hydrogen) atoms. The molecule has 1 saturated heterocycles. The second-order valence-corrected chi connectivity index (χ2v) is 7.42. The summed E-state index contributed by atoms with van der Waals surface area (Å²) in [6.07, 6.45) is 0.479. The number of piperidine rings is 1. The zero-order valence-electron chi connectivity index (χ0n) is 14.6. The number of esters is 1. The van der Waals surface area contributed by atoms with E-state index in [-0.39, 0.29) is 24.5 Å². The SMILES string of the molecule is CC(C)C(CC(=O)OC(C)(C)C)C(=O)CC1CCNC(=O)C1=O. The van der Waals surface area contributed by atoms with Crippen molar-refractivity contribution in [3.8, 4) is 0 Å². The average molecular weight is 325 g/mol. The molecule has 6 nitrogen and oxygen atoms in total. The monoisotopic (exact) mass is 325 g/mol. The average Bonchev–Trinajstić information content (AvgIpc) is 2.39. The Labute approximate surface area is 137 Å². The zero-order chi connectivity index (χ0) is 17.8. The summed E-state index contributed by atoms with van der Waals surface area (Å²) in [5.74, 6) is -2.84. The van der Waals surface area contributed by atoms with Gasteiger partial charge in [-0.25, -0.2) is 0 Å². The van der Waals surface area contributed by atoms with Crippen molar-refractivity contribution in [2.45, 2.75) is 59.5 Å². The lowest BCUT2D eigenvalue weighted by atomic mass is 9.81. The van der Waals surface area contributed by atoms with Crippen LogP contribution in [0, 0.1) is 17.8 Å². The maximum Gasteiger partial charge on any atom is 0.307 e. The van der Waals surface area contributed by atoms with Crippen LogP contribution in [0.4, 0.5) is 0 Å². The molecular weight excluding hydrogens is 298 g/mol. The Bertz CT molecular complexity index is 490. The molecule has 6 heteroatoms. The minimum Gasteiger partial charge on any atom is -0.460 e. The summed E-state index contributed by atoms with van der Waals surface area (Å²) >= 11 is 0. The summed E-state index contributed by atoms with van der Waals surface area (Å²) in [6.45, 7) is 9.45. The molecule has 2 unspecified atom stereocenters. The van der Waals surface area contributed by atoms with Crippen LogP contribution >= 0.6 is 0 Å².